The molecule has 1 aromatic heterocycles. The Morgan fingerprint density at radius 3 is 2.75 bits per heavy atom. The van der Waals surface area contributed by atoms with E-state index >= 15 is 0 Å². The van der Waals surface area contributed by atoms with Crippen molar-refractivity contribution >= 4 is 0 Å². The van der Waals surface area contributed by atoms with Gasteiger partial charge in [-0.15, -0.1) is 0 Å². The molecule has 1 heterocycles. The SMILES string of the molecule is Cc1ncccc1-c1ccc2c(c1)CCC1=C3CC(O)CC3CCC12Cc1ccccc1. The average molecular weight is 422 g/mol. The topological polar surface area (TPSA) is 33.1 Å². The molecule has 162 valence electrons. The van der Waals surface area contributed by atoms with Gasteiger partial charge in [0.2, 0.25) is 0 Å². The van der Waals surface area contributed by atoms with Crippen molar-refractivity contribution in [3.8, 4) is 11.1 Å². The van der Waals surface area contributed by atoms with Crippen molar-refractivity contribution in [2.45, 2.75) is 63.4 Å². The van der Waals surface area contributed by atoms with Crippen molar-refractivity contribution in [3.05, 3.63) is 100 Å². The van der Waals surface area contributed by atoms with Crippen LogP contribution in [-0.2, 0) is 18.3 Å². The molecule has 3 unspecified atom stereocenters. The molecule has 0 aliphatic heterocycles. The van der Waals surface area contributed by atoms with Crippen LogP contribution in [0.15, 0.2) is 78.0 Å². The lowest BCUT2D eigenvalue weighted by Crippen LogP contribution is -2.40. The summed E-state index contributed by atoms with van der Waals surface area (Å²) in [6.45, 7) is 2.10. The van der Waals surface area contributed by atoms with Crippen LogP contribution < -0.4 is 0 Å². The highest BCUT2D eigenvalue weighted by molar-refractivity contribution is 5.68. The Bertz CT molecular complexity index is 1190. The summed E-state index contributed by atoms with van der Waals surface area (Å²) in [5, 5.41) is 10.5. The van der Waals surface area contributed by atoms with Crippen LogP contribution in [0.25, 0.3) is 11.1 Å². The van der Waals surface area contributed by atoms with Gasteiger partial charge in [0.15, 0.2) is 0 Å². The van der Waals surface area contributed by atoms with E-state index in [1.165, 1.54) is 40.7 Å². The largest absolute Gasteiger partial charge is 0.393 e. The lowest BCUT2D eigenvalue weighted by atomic mass is 9.56. The fourth-order valence-corrected chi connectivity index (χ4v) is 6.93. The van der Waals surface area contributed by atoms with Gasteiger partial charge in [0.05, 0.1) is 6.10 Å². The lowest BCUT2D eigenvalue weighted by Gasteiger charge is -2.47. The predicted molar refractivity (Wildman–Crippen MR) is 130 cm³/mol. The third kappa shape index (κ3) is 3.16. The van der Waals surface area contributed by atoms with Gasteiger partial charge in [0, 0.05) is 22.9 Å². The molecule has 3 aliphatic carbocycles. The molecule has 1 N–H and O–H groups in total. The summed E-state index contributed by atoms with van der Waals surface area (Å²) in [5.74, 6) is 0.600. The fourth-order valence-electron chi connectivity index (χ4n) is 6.93. The zero-order valence-corrected chi connectivity index (χ0v) is 18.8. The number of aryl methyl sites for hydroxylation is 2. The van der Waals surface area contributed by atoms with Crippen LogP contribution in [0.3, 0.4) is 0 Å². The first kappa shape index (κ1) is 19.9. The lowest BCUT2D eigenvalue weighted by molar-refractivity contribution is 0.177. The van der Waals surface area contributed by atoms with Gasteiger partial charge in [-0.3, -0.25) is 4.98 Å². The highest BCUT2D eigenvalue weighted by Crippen LogP contribution is 2.56. The molecule has 0 saturated heterocycles. The molecule has 32 heavy (non-hydrogen) atoms. The molecule has 0 bridgehead atoms. The van der Waals surface area contributed by atoms with E-state index in [1.54, 1.807) is 11.1 Å². The van der Waals surface area contributed by atoms with Crippen LogP contribution in [0.2, 0.25) is 0 Å². The van der Waals surface area contributed by atoms with Gasteiger partial charge in [-0.05, 0) is 86.1 Å². The van der Waals surface area contributed by atoms with E-state index in [0.717, 1.165) is 37.8 Å². The van der Waals surface area contributed by atoms with Crippen molar-refractivity contribution < 1.29 is 5.11 Å². The maximum Gasteiger partial charge on any atom is 0.0583 e. The van der Waals surface area contributed by atoms with Gasteiger partial charge >= 0.3 is 0 Å². The van der Waals surface area contributed by atoms with Crippen LogP contribution in [0.4, 0.5) is 0 Å². The van der Waals surface area contributed by atoms with Gasteiger partial charge < -0.3 is 5.11 Å². The van der Waals surface area contributed by atoms with E-state index in [0.29, 0.717) is 5.92 Å². The number of hydrogen-bond donors (Lipinski definition) is 1. The summed E-state index contributed by atoms with van der Waals surface area (Å²) >= 11 is 0. The molecule has 0 spiro atoms. The summed E-state index contributed by atoms with van der Waals surface area (Å²) in [6.07, 6.45) is 9.27. The van der Waals surface area contributed by atoms with Crippen molar-refractivity contribution in [2.75, 3.05) is 0 Å². The summed E-state index contributed by atoms with van der Waals surface area (Å²) in [5.41, 5.74) is 11.4. The molecule has 2 nitrogen and oxygen atoms in total. The number of rotatable bonds is 3. The minimum Gasteiger partial charge on any atom is -0.393 e. The minimum atomic E-state index is -0.146. The third-order valence-corrected chi connectivity index (χ3v) is 8.32. The summed E-state index contributed by atoms with van der Waals surface area (Å²) < 4.78 is 0. The number of benzene rings is 2. The molecule has 0 amide bonds. The smallest absolute Gasteiger partial charge is 0.0583 e. The van der Waals surface area contributed by atoms with Gasteiger partial charge in [0.25, 0.3) is 0 Å². The summed E-state index contributed by atoms with van der Waals surface area (Å²) in [7, 11) is 0. The third-order valence-electron chi connectivity index (χ3n) is 8.32. The molecular formula is C30H31NO. The van der Waals surface area contributed by atoms with E-state index in [1.807, 2.05) is 12.3 Å². The van der Waals surface area contributed by atoms with Crippen molar-refractivity contribution in [1.82, 2.24) is 4.98 Å². The van der Waals surface area contributed by atoms with Crippen LogP contribution in [0, 0.1) is 12.8 Å². The molecule has 2 heteroatoms. The molecule has 1 saturated carbocycles. The normalized spacial score (nSPS) is 26.4. The maximum absolute atomic E-state index is 10.5. The number of pyridine rings is 1. The van der Waals surface area contributed by atoms with Crippen molar-refractivity contribution in [1.29, 1.82) is 0 Å². The van der Waals surface area contributed by atoms with Gasteiger partial charge in [0.1, 0.15) is 0 Å². The first-order chi connectivity index (χ1) is 15.6. The Kier molecular flexibility index (Phi) is 4.80. The van der Waals surface area contributed by atoms with E-state index < -0.39 is 0 Å². The van der Waals surface area contributed by atoms with Gasteiger partial charge in [-0.1, -0.05) is 65.7 Å². The molecular weight excluding hydrogens is 390 g/mol. The Balaban J connectivity index is 1.51. The number of hydrogen-bond acceptors (Lipinski definition) is 2. The monoisotopic (exact) mass is 421 g/mol. The van der Waals surface area contributed by atoms with E-state index in [-0.39, 0.29) is 11.5 Å². The first-order valence-electron chi connectivity index (χ1n) is 12.1. The quantitative estimate of drug-likeness (QED) is 0.500. The van der Waals surface area contributed by atoms with E-state index in [2.05, 4.69) is 66.5 Å². The maximum atomic E-state index is 10.5. The standard InChI is InChI=1S/C30H31NO/c1-20-26(8-5-15-31-20)22-9-11-28-24(16-22)10-12-29-27-18-25(32)17-23(27)13-14-30(28,29)19-21-6-3-2-4-7-21/h2-9,11,15-16,23,25,32H,10,12-14,17-19H2,1H3. The molecule has 0 radical (unpaired) electrons. The number of aliphatic hydroxyl groups is 1. The van der Waals surface area contributed by atoms with Crippen molar-refractivity contribution in [3.63, 3.8) is 0 Å². The second-order valence-electron chi connectivity index (χ2n) is 10.1. The zero-order valence-electron chi connectivity index (χ0n) is 18.8. The molecule has 1 fully saturated rings. The first-order valence-corrected chi connectivity index (χ1v) is 12.1. The minimum absolute atomic E-state index is 0.0767. The van der Waals surface area contributed by atoms with E-state index in [9.17, 15) is 5.11 Å². The number of allylic oxidation sites excluding steroid dienone is 1. The number of fused-ring (bicyclic) bond motifs is 4. The van der Waals surface area contributed by atoms with E-state index in [4.69, 9.17) is 0 Å². The summed E-state index contributed by atoms with van der Waals surface area (Å²) in [4.78, 5) is 4.51. The fraction of sp³-hybridized carbons (Fsp3) is 0.367. The van der Waals surface area contributed by atoms with Crippen LogP contribution in [0.1, 0.15) is 54.5 Å². The number of nitrogens with zero attached hydrogens (tertiary/aromatic N) is 1. The zero-order chi connectivity index (χ0) is 21.7. The second-order valence-corrected chi connectivity index (χ2v) is 10.1. The Morgan fingerprint density at radius 1 is 1.03 bits per heavy atom. The van der Waals surface area contributed by atoms with Crippen LogP contribution in [-0.4, -0.2) is 16.2 Å². The van der Waals surface area contributed by atoms with Crippen molar-refractivity contribution in [2.24, 2.45) is 5.92 Å². The highest BCUT2D eigenvalue weighted by Gasteiger charge is 2.47. The predicted octanol–water partition coefficient (Wildman–Crippen LogP) is 6.35. The van der Waals surface area contributed by atoms with Gasteiger partial charge in [-0.2, -0.15) is 0 Å². The molecule has 6 rings (SSSR count). The molecule has 3 aromatic rings. The second kappa shape index (κ2) is 7.71. The average Bonchev–Trinajstić information content (AvgIpc) is 3.20. The molecule has 3 aliphatic rings. The number of aromatic nitrogens is 1. The number of aliphatic hydroxyl groups excluding tert-OH is 1. The Hall–Kier alpha value is -2.71. The summed E-state index contributed by atoms with van der Waals surface area (Å²) in [6, 6.07) is 22.4. The highest BCUT2D eigenvalue weighted by atomic mass is 16.3. The molecule has 2 aromatic carbocycles. The van der Waals surface area contributed by atoms with Gasteiger partial charge in [-0.25, -0.2) is 0 Å². The molecule has 3 atom stereocenters. The Morgan fingerprint density at radius 2 is 1.91 bits per heavy atom. The Labute approximate surface area is 191 Å². The van der Waals surface area contributed by atoms with Crippen LogP contribution >= 0.6 is 0 Å². The van der Waals surface area contributed by atoms with Crippen LogP contribution in [0.5, 0.6) is 0 Å².